The van der Waals surface area contributed by atoms with Crippen LogP contribution in [0, 0.1) is 13.8 Å². The average Bonchev–Trinajstić information content (AvgIpc) is 2.32. The number of pyridine rings is 1. The number of aromatic nitrogens is 1. The monoisotopic (exact) mass is 265 g/mol. The molecular formula is C14H19NO2S. The molecule has 1 aromatic heterocycles. The number of thioether (sulfide) groups is 1. The fourth-order valence-electron chi connectivity index (χ4n) is 1.61. The lowest BCUT2D eigenvalue weighted by Gasteiger charge is -2.04. The van der Waals surface area contributed by atoms with Crippen molar-refractivity contribution in [3.63, 3.8) is 0 Å². The standard InChI is InChI=1S/C14H19NO2S/c1-5-12(14(16)17-4)6-7-18-13-9-10(2)8-11(3)15-13/h6,8-9H,5,7H2,1-4H3/b12-6-. The third-order valence-electron chi connectivity index (χ3n) is 2.46. The van der Waals surface area contributed by atoms with E-state index in [0.717, 1.165) is 22.0 Å². The average molecular weight is 265 g/mol. The van der Waals surface area contributed by atoms with Crippen molar-refractivity contribution in [3.05, 3.63) is 35.0 Å². The molecule has 0 saturated heterocycles. The van der Waals surface area contributed by atoms with E-state index in [1.54, 1.807) is 11.8 Å². The Bertz CT molecular complexity index is 435. The van der Waals surface area contributed by atoms with Gasteiger partial charge >= 0.3 is 5.97 Å². The van der Waals surface area contributed by atoms with Gasteiger partial charge in [0.15, 0.2) is 0 Å². The molecule has 1 aromatic rings. The summed E-state index contributed by atoms with van der Waals surface area (Å²) in [7, 11) is 1.41. The number of esters is 1. The molecule has 98 valence electrons. The van der Waals surface area contributed by atoms with Crippen molar-refractivity contribution in [2.75, 3.05) is 12.9 Å². The van der Waals surface area contributed by atoms with Crippen molar-refractivity contribution >= 4 is 17.7 Å². The number of nitrogens with zero attached hydrogens (tertiary/aromatic N) is 1. The van der Waals surface area contributed by atoms with Gasteiger partial charge in [-0.25, -0.2) is 9.78 Å². The second-order valence-corrected chi connectivity index (χ2v) is 5.05. The maximum absolute atomic E-state index is 11.4. The fraction of sp³-hybridized carbons (Fsp3) is 0.429. The van der Waals surface area contributed by atoms with Gasteiger partial charge in [-0.2, -0.15) is 0 Å². The first-order valence-electron chi connectivity index (χ1n) is 5.92. The zero-order valence-corrected chi connectivity index (χ0v) is 12.1. The normalized spacial score (nSPS) is 11.4. The number of rotatable bonds is 5. The van der Waals surface area contributed by atoms with E-state index in [9.17, 15) is 4.79 Å². The van der Waals surface area contributed by atoms with Crippen LogP contribution in [0.25, 0.3) is 0 Å². The molecule has 0 aliphatic heterocycles. The fourth-order valence-corrected chi connectivity index (χ4v) is 2.54. The lowest BCUT2D eigenvalue weighted by molar-refractivity contribution is -0.136. The van der Waals surface area contributed by atoms with Crippen LogP contribution >= 0.6 is 11.8 Å². The van der Waals surface area contributed by atoms with Crippen LogP contribution in [0.5, 0.6) is 0 Å². The van der Waals surface area contributed by atoms with Crippen molar-refractivity contribution in [2.45, 2.75) is 32.2 Å². The lowest BCUT2D eigenvalue weighted by Crippen LogP contribution is -2.04. The van der Waals surface area contributed by atoms with Gasteiger partial charge in [0.1, 0.15) is 0 Å². The van der Waals surface area contributed by atoms with Gasteiger partial charge in [0, 0.05) is 17.0 Å². The summed E-state index contributed by atoms with van der Waals surface area (Å²) >= 11 is 1.63. The molecular weight excluding hydrogens is 246 g/mol. The highest BCUT2D eigenvalue weighted by Crippen LogP contribution is 2.18. The zero-order valence-electron chi connectivity index (χ0n) is 11.3. The predicted molar refractivity (Wildman–Crippen MR) is 74.8 cm³/mol. The van der Waals surface area contributed by atoms with Gasteiger partial charge < -0.3 is 4.74 Å². The van der Waals surface area contributed by atoms with Gasteiger partial charge in [-0.15, -0.1) is 11.8 Å². The van der Waals surface area contributed by atoms with Gasteiger partial charge in [0.05, 0.1) is 12.1 Å². The first-order valence-corrected chi connectivity index (χ1v) is 6.90. The summed E-state index contributed by atoms with van der Waals surface area (Å²) in [6.07, 6.45) is 2.60. The first-order chi connectivity index (χ1) is 8.56. The molecule has 0 bridgehead atoms. The number of methoxy groups -OCH3 is 1. The molecule has 4 heteroatoms. The molecule has 0 N–H and O–H groups in total. The summed E-state index contributed by atoms with van der Waals surface area (Å²) in [6.45, 7) is 5.99. The molecule has 1 heterocycles. The maximum Gasteiger partial charge on any atom is 0.333 e. The van der Waals surface area contributed by atoms with Crippen molar-refractivity contribution < 1.29 is 9.53 Å². The highest BCUT2D eigenvalue weighted by molar-refractivity contribution is 7.99. The summed E-state index contributed by atoms with van der Waals surface area (Å²) in [4.78, 5) is 15.8. The third-order valence-corrected chi connectivity index (χ3v) is 3.30. The van der Waals surface area contributed by atoms with Crippen molar-refractivity contribution in [1.82, 2.24) is 4.98 Å². The van der Waals surface area contributed by atoms with Gasteiger partial charge in [-0.05, 0) is 38.0 Å². The van der Waals surface area contributed by atoms with Crippen LogP contribution < -0.4 is 0 Å². The van der Waals surface area contributed by atoms with Crippen LogP contribution in [0.3, 0.4) is 0 Å². The minimum absolute atomic E-state index is 0.244. The largest absolute Gasteiger partial charge is 0.466 e. The SMILES string of the molecule is CC/C(=C/CSc1cc(C)cc(C)n1)C(=O)OC. The minimum Gasteiger partial charge on any atom is -0.466 e. The number of ether oxygens (including phenoxy) is 1. The van der Waals surface area contributed by atoms with Crippen LogP contribution in [0.15, 0.2) is 28.8 Å². The molecule has 0 amide bonds. The smallest absolute Gasteiger partial charge is 0.333 e. The Kier molecular flexibility index (Phi) is 5.92. The molecule has 0 spiro atoms. The van der Waals surface area contributed by atoms with E-state index in [4.69, 9.17) is 4.74 Å². The topological polar surface area (TPSA) is 39.2 Å². The lowest BCUT2D eigenvalue weighted by atomic mass is 10.2. The van der Waals surface area contributed by atoms with Gasteiger partial charge in [0.2, 0.25) is 0 Å². The molecule has 0 unspecified atom stereocenters. The molecule has 0 radical (unpaired) electrons. The Morgan fingerprint density at radius 2 is 2.17 bits per heavy atom. The molecule has 3 nitrogen and oxygen atoms in total. The summed E-state index contributed by atoms with van der Waals surface area (Å²) in [5.41, 5.74) is 2.94. The Balaban J connectivity index is 2.64. The van der Waals surface area contributed by atoms with E-state index >= 15 is 0 Å². The van der Waals surface area contributed by atoms with Crippen molar-refractivity contribution in [3.8, 4) is 0 Å². The van der Waals surface area contributed by atoms with Crippen molar-refractivity contribution in [1.29, 1.82) is 0 Å². The molecule has 0 atom stereocenters. The quantitative estimate of drug-likeness (QED) is 0.465. The molecule has 0 aliphatic rings. The summed E-state index contributed by atoms with van der Waals surface area (Å²) < 4.78 is 4.71. The Morgan fingerprint density at radius 1 is 1.44 bits per heavy atom. The molecule has 0 aliphatic carbocycles. The Hall–Kier alpha value is -1.29. The van der Waals surface area contributed by atoms with Crippen LogP contribution in [0.4, 0.5) is 0 Å². The van der Waals surface area contributed by atoms with Crippen LogP contribution in [0.2, 0.25) is 0 Å². The summed E-state index contributed by atoms with van der Waals surface area (Å²) in [5, 5.41) is 0.990. The molecule has 0 fully saturated rings. The Morgan fingerprint density at radius 3 is 2.72 bits per heavy atom. The Labute approximate surface area is 113 Å². The van der Waals surface area contributed by atoms with E-state index in [1.807, 2.05) is 26.0 Å². The van der Waals surface area contributed by atoms with Gasteiger partial charge in [-0.1, -0.05) is 13.0 Å². The van der Waals surface area contributed by atoms with Crippen LogP contribution in [-0.4, -0.2) is 23.8 Å². The van der Waals surface area contributed by atoms with Crippen LogP contribution in [-0.2, 0) is 9.53 Å². The molecule has 1 rings (SSSR count). The second-order valence-electron chi connectivity index (χ2n) is 4.01. The van der Waals surface area contributed by atoms with E-state index in [2.05, 4.69) is 18.0 Å². The molecule has 0 saturated carbocycles. The predicted octanol–water partition coefficient (Wildman–Crippen LogP) is 3.30. The summed E-state index contributed by atoms with van der Waals surface area (Å²) in [5.74, 6) is 0.486. The number of hydrogen-bond donors (Lipinski definition) is 0. The third kappa shape index (κ3) is 4.53. The first kappa shape index (κ1) is 14.8. The molecule has 18 heavy (non-hydrogen) atoms. The van der Waals surface area contributed by atoms with Crippen molar-refractivity contribution in [2.24, 2.45) is 0 Å². The number of carbonyl (C=O) groups is 1. The zero-order chi connectivity index (χ0) is 13.5. The van der Waals surface area contributed by atoms with E-state index in [0.29, 0.717) is 6.42 Å². The second kappa shape index (κ2) is 7.21. The molecule has 0 aromatic carbocycles. The maximum atomic E-state index is 11.4. The number of aryl methyl sites for hydroxylation is 2. The van der Waals surface area contributed by atoms with Gasteiger partial charge in [0.25, 0.3) is 0 Å². The number of carbonyl (C=O) groups excluding carboxylic acids is 1. The van der Waals surface area contributed by atoms with E-state index < -0.39 is 0 Å². The van der Waals surface area contributed by atoms with E-state index in [-0.39, 0.29) is 5.97 Å². The highest BCUT2D eigenvalue weighted by atomic mass is 32.2. The van der Waals surface area contributed by atoms with E-state index in [1.165, 1.54) is 12.7 Å². The number of hydrogen-bond acceptors (Lipinski definition) is 4. The highest BCUT2D eigenvalue weighted by Gasteiger charge is 2.06. The van der Waals surface area contributed by atoms with Gasteiger partial charge in [-0.3, -0.25) is 0 Å². The van der Waals surface area contributed by atoms with Crippen LogP contribution in [0.1, 0.15) is 24.6 Å². The summed E-state index contributed by atoms with van der Waals surface area (Å²) in [6, 6.07) is 4.10. The minimum atomic E-state index is -0.244.